The molecule has 2 N–H and O–H groups in total. The van der Waals surface area contributed by atoms with E-state index in [0.29, 0.717) is 35.3 Å². The second-order valence-electron chi connectivity index (χ2n) is 5.33. The predicted octanol–water partition coefficient (Wildman–Crippen LogP) is 1.11. The Morgan fingerprint density at radius 3 is 3.21 bits per heavy atom. The molecule has 3 heterocycles. The largest absolute Gasteiger partial charge is 0.356 e. The minimum absolute atomic E-state index is 0.00734. The number of hydrogen-bond acceptors (Lipinski definition) is 7. The summed E-state index contributed by atoms with van der Waals surface area (Å²) in [5, 5.41) is 10.1. The Labute approximate surface area is 142 Å². The van der Waals surface area contributed by atoms with Crippen LogP contribution in [0.2, 0.25) is 0 Å². The maximum atomic E-state index is 12.2. The van der Waals surface area contributed by atoms with Crippen LogP contribution in [0.3, 0.4) is 0 Å². The Hall–Kier alpha value is -2.42. The summed E-state index contributed by atoms with van der Waals surface area (Å²) in [5.41, 5.74) is 0.508. The van der Waals surface area contributed by atoms with Crippen LogP contribution in [0.25, 0.3) is 0 Å². The lowest BCUT2D eigenvalue weighted by atomic mass is 9.97. The van der Waals surface area contributed by atoms with E-state index in [1.165, 1.54) is 11.8 Å². The summed E-state index contributed by atoms with van der Waals surface area (Å²) < 4.78 is 5.17. The van der Waals surface area contributed by atoms with Crippen molar-refractivity contribution < 1.29 is 14.1 Å². The highest BCUT2D eigenvalue weighted by atomic mass is 32.2. The Balaban J connectivity index is 1.61. The molecule has 2 aromatic heterocycles. The highest BCUT2D eigenvalue weighted by molar-refractivity contribution is 7.98. The number of amides is 2. The van der Waals surface area contributed by atoms with Crippen LogP contribution >= 0.6 is 11.8 Å². The van der Waals surface area contributed by atoms with Crippen molar-refractivity contribution in [3.8, 4) is 0 Å². The molecule has 0 spiro atoms. The maximum Gasteiger partial charge on any atom is 0.254 e. The van der Waals surface area contributed by atoms with E-state index in [9.17, 15) is 9.59 Å². The molecule has 126 valence electrons. The number of nitrogens with zero attached hydrogens (tertiary/aromatic N) is 3. The van der Waals surface area contributed by atoms with E-state index in [-0.39, 0.29) is 24.3 Å². The van der Waals surface area contributed by atoms with Crippen molar-refractivity contribution in [2.75, 3.05) is 12.8 Å². The lowest BCUT2D eigenvalue weighted by molar-refractivity contribution is -0.122. The second-order valence-corrected chi connectivity index (χ2v) is 6.12. The Kier molecular flexibility index (Phi) is 5.09. The number of rotatable bonds is 5. The molecule has 1 unspecified atom stereocenters. The molecule has 1 aliphatic heterocycles. The van der Waals surface area contributed by atoms with Gasteiger partial charge in [-0.1, -0.05) is 5.16 Å². The standard InChI is InChI=1S/C15H17N5O3S/c1-24-15-10(3-2-5-17-15)14(22)18-8-12-19-13(20-23-12)9-4-6-16-11(21)7-9/h2-3,5,9H,4,6-8H2,1H3,(H,16,21)(H,18,22). The molecule has 24 heavy (non-hydrogen) atoms. The van der Waals surface area contributed by atoms with Gasteiger partial charge in [-0.3, -0.25) is 9.59 Å². The smallest absolute Gasteiger partial charge is 0.254 e. The summed E-state index contributed by atoms with van der Waals surface area (Å²) in [6, 6.07) is 3.43. The van der Waals surface area contributed by atoms with Crippen molar-refractivity contribution in [1.82, 2.24) is 25.8 Å². The predicted molar refractivity (Wildman–Crippen MR) is 86.5 cm³/mol. The molecule has 2 amide bonds. The van der Waals surface area contributed by atoms with E-state index in [1.54, 1.807) is 18.3 Å². The van der Waals surface area contributed by atoms with Gasteiger partial charge in [0.05, 0.1) is 12.1 Å². The number of carbonyl (C=O) groups is 2. The highest BCUT2D eigenvalue weighted by Crippen LogP contribution is 2.23. The first-order valence-electron chi connectivity index (χ1n) is 7.53. The molecule has 3 rings (SSSR count). The number of thioether (sulfide) groups is 1. The van der Waals surface area contributed by atoms with Gasteiger partial charge in [0.15, 0.2) is 5.82 Å². The monoisotopic (exact) mass is 347 g/mol. The van der Waals surface area contributed by atoms with Gasteiger partial charge in [-0.25, -0.2) is 4.98 Å². The molecule has 0 bridgehead atoms. The van der Waals surface area contributed by atoms with Crippen molar-refractivity contribution in [3.63, 3.8) is 0 Å². The van der Waals surface area contributed by atoms with Gasteiger partial charge in [0.25, 0.3) is 5.91 Å². The minimum Gasteiger partial charge on any atom is -0.356 e. The van der Waals surface area contributed by atoms with Gasteiger partial charge in [0.2, 0.25) is 11.8 Å². The van der Waals surface area contributed by atoms with Crippen LogP contribution in [0.1, 0.15) is 40.8 Å². The minimum atomic E-state index is -0.246. The van der Waals surface area contributed by atoms with Crippen molar-refractivity contribution in [2.24, 2.45) is 0 Å². The van der Waals surface area contributed by atoms with Crippen molar-refractivity contribution in [3.05, 3.63) is 35.6 Å². The molecular formula is C15H17N5O3S. The SMILES string of the molecule is CSc1ncccc1C(=O)NCc1nc(C2CCNC(=O)C2)no1. The molecular weight excluding hydrogens is 330 g/mol. The van der Waals surface area contributed by atoms with Gasteiger partial charge in [-0.2, -0.15) is 4.98 Å². The topological polar surface area (TPSA) is 110 Å². The molecule has 1 atom stereocenters. The summed E-state index contributed by atoms with van der Waals surface area (Å²) in [6.07, 6.45) is 4.65. The molecule has 2 aromatic rings. The molecule has 0 aromatic carbocycles. The first-order valence-corrected chi connectivity index (χ1v) is 8.76. The van der Waals surface area contributed by atoms with E-state index < -0.39 is 0 Å². The van der Waals surface area contributed by atoms with Crippen LogP contribution < -0.4 is 10.6 Å². The van der Waals surface area contributed by atoms with E-state index in [0.717, 1.165) is 6.42 Å². The van der Waals surface area contributed by atoms with Crippen molar-refractivity contribution in [2.45, 2.75) is 30.3 Å². The molecule has 0 radical (unpaired) electrons. The average Bonchev–Trinajstić information content (AvgIpc) is 3.08. The molecule has 9 heteroatoms. The first-order chi connectivity index (χ1) is 11.7. The third kappa shape index (κ3) is 3.73. The van der Waals surface area contributed by atoms with Gasteiger partial charge in [0.1, 0.15) is 5.03 Å². The summed E-state index contributed by atoms with van der Waals surface area (Å²) in [6.45, 7) is 0.746. The Morgan fingerprint density at radius 2 is 2.42 bits per heavy atom. The van der Waals surface area contributed by atoms with Crippen LogP contribution in [0.4, 0.5) is 0 Å². The summed E-state index contributed by atoms with van der Waals surface area (Å²) >= 11 is 1.41. The summed E-state index contributed by atoms with van der Waals surface area (Å²) in [4.78, 5) is 32.1. The number of pyridine rings is 1. The number of piperidine rings is 1. The fourth-order valence-corrected chi connectivity index (χ4v) is 3.03. The Bertz CT molecular complexity index is 748. The number of aromatic nitrogens is 3. The van der Waals surface area contributed by atoms with E-state index in [1.807, 2.05) is 6.26 Å². The van der Waals surface area contributed by atoms with E-state index in [2.05, 4.69) is 25.8 Å². The number of hydrogen-bond donors (Lipinski definition) is 2. The molecule has 1 saturated heterocycles. The molecule has 0 aliphatic carbocycles. The fraction of sp³-hybridized carbons (Fsp3) is 0.400. The summed E-state index contributed by atoms with van der Waals surface area (Å²) in [7, 11) is 0. The first kappa shape index (κ1) is 16.4. The average molecular weight is 347 g/mol. The highest BCUT2D eigenvalue weighted by Gasteiger charge is 2.25. The van der Waals surface area contributed by atoms with Crippen LogP contribution in [0, 0.1) is 0 Å². The molecule has 0 saturated carbocycles. The van der Waals surface area contributed by atoms with Gasteiger partial charge in [-0.05, 0) is 24.8 Å². The second kappa shape index (κ2) is 7.43. The third-order valence-corrected chi connectivity index (χ3v) is 4.42. The van der Waals surface area contributed by atoms with Gasteiger partial charge in [0, 0.05) is 25.1 Å². The molecule has 1 fully saturated rings. The summed E-state index contributed by atoms with van der Waals surface area (Å²) in [5.74, 6) is 0.545. The van der Waals surface area contributed by atoms with E-state index in [4.69, 9.17) is 4.52 Å². The lowest BCUT2D eigenvalue weighted by Crippen LogP contribution is -2.32. The van der Waals surface area contributed by atoms with Crippen LogP contribution in [0.15, 0.2) is 27.9 Å². The number of carbonyl (C=O) groups excluding carboxylic acids is 2. The Morgan fingerprint density at radius 1 is 1.54 bits per heavy atom. The van der Waals surface area contributed by atoms with Gasteiger partial charge in [-0.15, -0.1) is 11.8 Å². The van der Waals surface area contributed by atoms with E-state index >= 15 is 0 Å². The quantitative estimate of drug-likeness (QED) is 0.780. The van der Waals surface area contributed by atoms with Gasteiger partial charge >= 0.3 is 0 Å². The fourth-order valence-electron chi connectivity index (χ4n) is 2.49. The van der Waals surface area contributed by atoms with Crippen molar-refractivity contribution in [1.29, 1.82) is 0 Å². The zero-order chi connectivity index (χ0) is 16.9. The zero-order valence-electron chi connectivity index (χ0n) is 13.1. The zero-order valence-corrected chi connectivity index (χ0v) is 13.9. The third-order valence-electron chi connectivity index (χ3n) is 3.71. The van der Waals surface area contributed by atoms with Gasteiger partial charge < -0.3 is 15.2 Å². The van der Waals surface area contributed by atoms with Crippen LogP contribution in [-0.2, 0) is 11.3 Å². The normalized spacial score (nSPS) is 17.4. The molecule has 8 nitrogen and oxygen atoms in total. The van der Waals surface area contributed by atoms with Crippen molar-refractivity contribution >= 4 is 23.6 Å². The lowest BCUT2D eigenvalue weighted by Gasteiger charge is -2.18. The van der Waals surface area contributed by atoms with Crippen LogP contribution in [-0.4, -0.2) is 39.7 Å². The molecule has 1 aliphatic rings. The number of nitrogens with one attached hydrogen (secondary N) is 2. The maximum absolute atomic E-state index is 12.2. The van der Waals surface area contributed by atoms with Crippen LogP contribution in [0.5, 0.6) is 0 Å².